The SMILES string of the molecule is CCN(CC)c1ccc(/N=N/c2nc3ccc(OC)cc3s2)c(Nc2nc(Nc3cc(N(CC)CC)ccc3/N=N/c3nc4cc(S(=O)(=O)O)c(OC)cc4s3)nc(N(CCO)CCO)n2)c1. The van der Waals surface area contributed by atoms with Crippen LogP contribution in [0.2, 0.25) is 0 Å². The Hall–Kier alpha value is -6.70. The van der Waals surface area contributed by atoms with Crippen LogP contribution in [0.25, 0.3) is 20.4 Å². The molecule has 0 fully saturated rings. The number of aromatic nitrogens is 5. The fourth-order valence-electron chi connectivity index (χ4n) is 6.99. The molecule has 7 rings (SSSR count). The Morgan fingerprint density at radius 1 is 0.612 bits per heavy atom. The van der Waals surface area contributed by atoms with Crippen molar-refractivity contribution in [1.29, 1.82) is 0 Å². The van der Waals surface area contributed by atoms with Gasteiger partial charge in [-0.25, -0.2) is 9.97 Å². The third kappa shape index (κ3) is 11.5. The highest BCUT2D eigenvalue weighted by Crippen LogP contribution is 2.39. The second kappa shape index (κ2) is 21.7. The number of azo groups is 2. The fraction of sp³-hybridized carbons (Fsp3) is 0.326. The number of aliphatic hydroxyl groups excluding tert-OH is 2. The number of aliphatic hydroxyl groups is 2. The predicted octanol–water partition coefficient (Wildman–Crippen LogP) is 9.16. The Labute approximate surface area is 394 Å². The molecule has 0 bridgehead atoms. The monoisotopic (exact) mass is 970 g/mol. The highest BCUT2D eigenvalue weighted by Gasteiger charge is 2.21. The van der Waals surface area contributed by atoms with E-state index >= 15 is 0 Å². The van der Waals surface area contributed by atoms with Crippen molar-refractivity contribution in [2.75, 3.05) is 92.0 Å². The van der Waals surface area contributed by atoms with Gasteiger partial charge in [0.05, 0.1) is 59.2 Å². The van der Waals surface area contributed by atoms with Gasteiger partial charge in [0.25, 0.3) is 10.1 Å². The molecule has 7 aromatic rings. The molecule has 0 radical (unpaired) electrons. The molecule has 0 aliphatic heterocycles. The minimum absolute atomic E-state index is 0.0360. The van der Waals surface area contributed by atoms with Crippen molar-refractivity contribution in [3.63, 3.8) is 0 Å². The Morgan fingerprint density at radius 3 is 1.61 bits per heavy atom. The fourth-order valence-corrected chi connectivity index (χ4v) is 9.26. The Kier molecular flexibility index (Phi) is 15.6. The number of fused-ring (bicyclic) bond motifs is 2. The van der Waals surface area contributed by atoms with Gasteiger partial charge in [-0.05, 0) is 88.4 Å². The van der Waals surface area contributed by atoms with Crippen LogP contribution in [0.1, 0.15) is 27.7 Å². The topological polar surface area (TPSA) is 261 Å². The number of nitrogens with one attached hydrogen (secondary N) is 2. The molecule has 4 aromatic carbocycles. The Balaban J connectivity index is 1.30. The summed E-state index contributed by atoms with van der Waals surface area (Å²) in [6.45, 7) is 10.9. The summed E-state index contributed by atoms with van der Waals surface area (Å²) in [5, 5.41) is 45.5. The van der Waals surface area contributed by atoms with Gasteiger partial charge in [0, 0.05) is 56.7 Å². The van der Waals surface area contributed by atoms with Gasteiger partial charge >= 0.3 is 0 Å². The molecule has 3 heterocycles. The molecule has 0 saturated heterocycles. The molecule has 3 aromatic heterocycles. The average molecular weight is 971 g/mol. The van der Waals surface area contributed by atoms with Crippen LogP contribution in [0.15, 0.2) is 92.1 Å². The summed E-state index contributed by atoms with van der Waals surface area (Å²) in [4.78, 5) is 28.9. The standard InChI is InChI=1S/C43H50N14O7S3/c1-7-55(8-2)26-11-14-29(51-53-42-46-31-16-13-28(63-5)23-36(31)65-42)32(21-26)44-39-48-40(50-41(49-39)57(17-19-58)18-20-59)45-33-22-27(56(9-3)10-4)12-15-30(33)52-54-43-47-34-24-38(67(60,61)62)35(64-6)25-37(34)66-43/h11-16,21-25,58-59H,7-10,17-20H2,1-6H3,(H,60,61,62)(H2,44,45,48,49,50)/b53-51+,54-52+. The normalized spacial score (nSPS) is 11.8. The molecule has 5 N–H and O–H groups in total. The van der Waals surface area contributed by atoms with E-state index < -0.39 is 15.0 Å². The van der Waals surface area contributed by atoms with Crippen molar-refractivity contribution in [2.24, 2.45) is 20.5 Å². The summed E-state index contributed by atoms with van der Waals surface area (Å²) in [7, 11) is -1.68. The molecule has 0 aliphatic carbocycles. The molecule has 0 aliphatic rings. The Bertz CT molecular complexity index is 3010. The molecule has 0 saturated carbocycles. The smallest absolute Gasteiger partial charge is 0.298 e. The lowest BCUT2D eigenvalue weighted by Gasteiger charge is -2.24. The first kappa shape index (κ1) is 48.2. The van der Waals surface area contributed by atoms with Crippen molar-refractivity contribution < 1.29 is 32.7 Å². The first-order valence-corrected chi connectivity index (χ1v) is 24.3. The third-order valence-corrected chi connectivity index (χ3v) is 13.0. The van der Waals surface area contributed by atoms with E-state index in [4.69, 9.17) is 24.4 Å². The molecular formula is C43H50N14O7S3. The number of hydrogen-bond acceptors (Lipinski definition) is 22. The third-order valence-electron chi connectivity index (χ3n) is 10.4. The van der Waals surface area contributed by atoms with E-state index in [0.717, 1.165) is 59.1 Å². The average Bonchev–Trinajstić information content (AvgIpc) is 3.93. The van der Waals surface area contributed by atoms with E-state index in [1.54, 1.807) is 18.1 Å². The van der Waals surface area contributed by atoms with E-state index in [2.05, 4.69) is 64.7 Å². The second-order valence-electron chi connectivity index (χ2n) is 14.4. The van der Waals surface area contributed by atoms with Gasteiger partial charge in [0.2, 0.25) is 28.1 Å². The molecule has 0 unspecified atom stereocenters. The molecule has 0 atom stereocenters. The number of rotatable bonds is 22. The molecule has 0 amide bonds. The second-order valence-corrected chi connectivity index (χ2v) is 17.8. The van der Waals surface area contributed by atoms with Crippen LogP contribution in [-0.2, 0) is 10.1 Å². The van der Waals surface area contributed by atoms with Crippen molar-refractivity contribution in [3.05, 3.63) is 66.7 Å². The highest BCUT2D eigenvalue weighted by molar-refractivity contribution is 7.86. The molecule has 21 nitrogen and oxygen atoms in total. The van der Waals surface area contributed by atoms with Crippen molar-refractivity contribution in [1.82, 2.24) is 24.9 Å². The summed E-state index contributed by atoms with van der Waals surface area (Å²) < 4.78 is 45.9. The van der Waals surface area contributed by atoms with Gasteiger partial charge in [0.15, 0.2) is 0 Å². The van der Waals surface area contributed by atoms with Crippen LogP contribution < -0.4 is 34.8 Å². The van der Waals surface area contributed by atoms with Crippen LogP contribution >= 0.6 is 22.7 Å². The number of anilines is 7. The number of thiazole rings is 2. The van der Waals surface area contributed by atoms with Crippen LogP contribution in [0, 0.1) is 0 Å². The summed E-state index contributed by atoms with van der Waals surface area (Å²) in [6, 6.07) is 19.6. The van der Waals surface area contributed by atoms with Crippen LogP contribution in [0.4, 0.5) is 62.2 Å². The molecular weight excluding hydrogens is 921 g/mol. The van der Waals surface area contributed by atoms with Crippen LogP contribution in [0.3, 0.4) is 0 Å². The van der Waals surface area contributed by atoms with Gasteiger partial charge in [-0.3, -0.25) is 4.55 Å². The summed E-state index contributed by atoms with van der Waals surface area (Å²) in [5.74, 6) is 1.05. The van der Waals surface area contributed by atoms with Gasteiger partial charge in [-0.2, -0.15) is 23.4 Å². The van der Waals surface area contributed by atoms with Gasteiger partial charge in [-0.1, -0.05) is 22.7 Å². The summed E-state index contributed by atoms with van der Waals surface area (Å²) in [6.07, 6.45) is 0. The lowest BCUT2D eigenvalue weighted by molar-refractivity contribution is 0.280. The van der Waals surface area contributed by atoms with Crippen LogP contribution in [0.5, 0.6) is 11.5 Å². The van der Waals surface area contributed by atoms with E-state index in [1.807, 2.05) is 62.4 Å². The lowest BCUT2D eigenvalue weighted by Crippen LogP contribution is -2.31. The largest absolute Gasteiger partial charge is 0.497 e. The van der Waals surface area contributed by atoms with E-state index in [1.165, 1.54) is 30.6 Å². The van der Waals surface area contributed by atoms with Crippen LogP contribution in [-0.4, -0.2) is 115 Å². The number of nitrogens with zero attached hydrogens (tertiary/aromatic N) is 12. The van der Waals surface area contributed by atoms with Crippen molar-refractivity contribution in [3.8, 4) is 11.5 Å². The first-order chi connectivity index (χ1) is 32.4. The van der Waals surface area contributed by atoms with Gasteiger partial charge in [-0.15, -0.1) is 20.5 Å². The van der Waals surface area contributed by atoms with E-state index in [9.17, 15) is 23.2 Å². The minimum Gasteiger partial charge on any atom is -0.497 e. The summed E-state index contributed by atoms with van der Waals surface area (Å²) >= 11 is 2.53. The summed E-state index contributed by atoms with van der Waals surface area (Å²) in [5.41, 5.74) is 4.70. The maximum absolute atomic E-state index is 12.1. The maximum atomic E-state index is 12.1. The first-order valence-electron chi connectivity index (χ1n) is 21.2. The van der Waals surface area contributed by atoms with E-state index in [-0.39, 0.29) is 60.5 Å². The Morgan fingerprint density at radius 2 is 1.13 bits per heavy atom. The zero-order valence-corrected chi connectivity index (χ0v) is 40.0. The zero-order valence-electron chi connectivity index (χ0n) is 37.6. The molecule has 67 heavy (non-hydrogen) atoms. The quantitative estimate of drug-likeness (QED) is 0.0313. The van der Waals surface area contributed by atoms with Crippen molar-refractivity contribution in [2.45, 2.75) is 32.6 Å². The zero-order chi connectivity index (χ0) is 47.7. The number of benzene rings is 4. The molecule has 24 heteroatoms. The minimum atomic E-state index is -4.59. The number of ether oxygens (including phenoxy) is 2. The number of hydrogen-bond donors (Lipinski definition) is 5. The molecule has 0 spiro atoms. The van der Waals surface area contributed by atoms with Gasteiger partial charge in [0.1, 0.15) is 27.8 Å². The highest BCUT2D eigenvalue weighted by atomic mass is 32.2. The lowest BCUT2D eigenvalue weighted by atomic mass is 10.2. The maximum Gasteiger partial charge on any atom is 0.298 e. The predicted molar refractivity (Wildman–Crippen MR) is 263 cm³/mol. The van der Waals surface area contributed by atoms with E-state index in [0.29, 0.717) is 38.3 Å². The molecule has 352 valence electrons. The van der Waals surface area contributed by atoms with Gasteiger partial charge < -0.3 is 45.0 Å². The number of methoxy groups -OCH3 is 2. The van der Waals surface area contributed by atoms with Crippen molar-refractivity contribution >= 4 is 115 Å².